The maximum absolute atomic E-state index is 12.3. The standard InChI is InChI=1S/C20H28N4O6S/c1-13(2)12-21-17(25)20(28)24-31(29,30)16-10-8-15(9-11-16)23-19(27)18(26)22-14-6-4-3-5-7-14/h8-11,13-14H,3-7,12H2,1-2H3,(H,21,25)(H,22,26)(H,23,27)(H,24,28). The van der Waals surface area contributed by atoms with Gasteiger partial charge in [0.2, 0.25) is 0 Å². The zero-order chi connectivity index (χ0) is 23.0. The molecule has 0 spiro atoms. The highest BCUT2D eigenvalue weighted by Crippen LogP contribution is 2.17. The molecule has 4 N–H and O–H groups in total. The molecule has 2 rings (SSSR count). The van der Waals surface area contributed by atoms with Crippen LogP contribution >= 0.6 is 0 Å². The fourth-order valence-corrected chi connectivity index (χ4v) is 3.96. The van der Waals surface area contributed by atoms with Gasteiger partial charge < -0.3 is 16.0 Å². The molecule has 4 amide bonds. The molecule has 1 aliphatic rings. The Morgan fingerprint density at radius 2 is 1.52 bits per heavy atom. The number of rotatable bonds is 6. The van der Waals surface area contributed by atoms with Gasteiger partial charge in [0.25, 0.3) is 10.0 Å². The Labute approximate surface area is 181 Å². The van der Waals surface area contributed by atoms with Crippen molar-refractivity contribution in [2.24, 2.45) is 5.92 Å². The van der Waals surface area contributed by atoms with Gasteiger partial charge in [-0.2, -0.15) is 0 Å². The molecule has 0 radical (unpaired) electrons. The summed E-state index contributed by atoms with van der Waals surface area (Å²) < 4.78 is 26.3. The molecule has 31 heavy (non-hydrogen) atoms. The smallest absolute Gasteiger partial charge is 0.322 e. The number of amides is 4. The van der Waals surface area contributed by atoms with E-state index in [1.54, 1.807) is 4.72 Å². The number of hydrogen-bond acceptors (Lipinski definition) is 6. The van der Waals surface area contributed by atoms with Gasteiger partial charge in [-0.05, 0) is 43.0 Å². The predicted molar refractivity (Wildman–Crippen MR) is 113 cm³/mol. The van der Waals surface area contributed by atoms with Crippen molar-refractivity contribution >= 4 is 39.3 Å². The first kappa shape index (κ1) is 24.3. The highest BCUT2D eigenvalue weighted by Gasteiger charge is 2.23. The van der Waals surface area contributed by atoms with Crippen molar-refractivity contribution in [1.29, 1.82) is 0 Å². The summed E-state index contributed by atoms with van der Waals surface area (Å²) >= 11 is 0. The molecule has 11 heteroatoms. The van der Waals surface area contributed by atoms with E-state index in [4.69, 9.17) is 0 Å². The number of carbonyl (C=O) groups excluding carboxylic acids is 4. The molecule has 0 aliphatic heterocycles. The Morgan fingerprint density at radius 1 is 0.903 bits per heavy atom. The minimum absolute atomic E-state index is 0.0131. The van der Waals surface area contributed by atoms with E-state index in [0.717, 1.165) is 44.2 Å². The van der Waals surface area contributed by atoms with Crippen LogP contribution in [0, 0.1) is 5.92 Å². The van der Waals surface area contributed by atoms with Crippen LogP contribution in [0.3, 0.4) is 0 Å². The van der Waals surface area contributed by atoms with E-state index in [1.807, 2.05) is 13.8 Å². The Bertz CT molecular complexity index is 921. The molecule has 170 valence electrons. The summed E-state index contributed by atoms with van der Waals surface area (Å²) in [7, 11) is -4.28. The molecule has 0 heterocycles. The summed E-state index contributed by atoms with van der Waals surface area (Å²) in [5, 5.41) is 7.42. The van der Waals surface area contributed by atoms with E-state index < -0.39 is 33.7 Å². The monoisotopic (exact) mass is 452 g/mol. The van der Waals surface area contributed by atoms with Crippen molar-refractivity contribution < 1.29 is 27.6 Å². The van der Waals surface area contributed by atoms with Crippen molar-refractivity contribution in [3.63, 3.8) is 0 Å². The van der Waals surface area contributed by atoms with Gasteiger partial charge in [0.05, 0.1) is 4.90 Å². The van der Waals surface area contributed by atoms with Gasteiger partial charge in [-0.15, -0.1) is 0 Å². The maximum Gasteiger partial charge on any atom is 0.322 e. The molecule has 0 aromatic heterocycles. The summed E-state index contributed by atoms with van der Waals surface area (Å²) in [5.41, 5.74) is 0.212. The normalized spacial score (nSPS) is 14.5. The molecule has 0 saturated heterocycles. The summed E-state index contributed by atoms with van der Waals surface area (Å²) in [6, 6.07) is 4.85. The second-order valence-electron chi connectivity index (χ2n) is 7.83. The maximum atomic E-state index is 12.3. The zero-order valence-corrected chi connectivity index (χ0v) is 18.4. The highest BCUT2D eigenvalue weighted by molar-refractivity contribution is 7.90. The SMILES string of the molecule is CC(C)CNC(=O)C(=O)NS(=O)(=O)c1ccc(NC(=O)C(=O)NC2CCCCC2)cc1. The van der Waals surface area contributed by atoms with Crippen molar-refractivity contribution in [2.45, 2.75) is 56.9 Å². The van der Waals surface area contributed by atoms with Crippen LogP contribution in [0.2, 0.25) is 0 Å². The largest absolute Gasteiger partial charge is 0.348 e. The van der Waals surface area contributed by atoms with Gasteiger partial charge >= 0.3 is 23.6 Å². The van der Waals surface area contributed by atoms with Gasteiger partial charge in [0.15, 0.2) is 0 Å². The van der Waals surface area contributed by atoms with Crippen LogP contribution in [-0.4, -0.2) is 44.6 Å². The summed E-state index contributed by atoms with van der Waals surface area (Å²) in [6.45, 7) is 3.89. The molecular weight excluding hydrogens is 424 g/mol. The van der Waals surface area contributed by atoms with E-state index in [1.165, 1.54) is 12.1 Å². The molecule has 0 bridgehead atoms. The molecule has 1 aromatic rings. The fraction of sp³-hybridized carbons (Fsp3) is 0.500. The number of benzene rings is 1. The average Bonchev–Trinajstić information content (AvgIpc) is 2.72. The lowest BCUT2D eigenvalue weighted by atomic mass is 9.95. The number of anilines is 1. The van der Waals surface area contributed by atoms with E-state index in [2.05, 4.69) is 16.0 Å². The van der Waals surface area contributed by atoms with Crippen LogP contribution in [0.4, 0.5) is 5.69 Å². The minimum atomic E-state index is -4.28. The average molecular weight is 453 g/mol. The summed E-state index contributed by atoms with van der Waals surface area (Å²) in [5.74, 6) is -3.84. The fourth-order valence-electron chi connectivity index (χ4n) is 3.01. The van der Waals surface area contributed by atoms with E-state index >= 15 is 0 Å². The first-order chi connectivity index (χ1) is 14.6. The molecule has 0 atom stereocenters. The van der Waals surface area contributed by atoms with Gasteiger partial charge in [0, 0.05) is 18.3 Å². The van der Waals surface area contributed by atoms with Gasteiger partial charge in [0.1, 0.15) is 0 Å². The second kappa shape index (κ2) is 10.9. The molecule has 1 saturated carbocycles. The van der Waals surface area contributed by atoms with Crippen LogP contribution in [0.5, 0.6) is 0 Å². The molecule has 1 fully saturated rings. The molecule has 10 nitrogen and oxygen atoms in total. The summed E-state index contributed by atoms with van der Waals surface area (Å²) in [6.07, 6.45) is 4.83. The first-order valence-electron chi connectivity index (χ1n) is 10.2. The third kappa shape index (κ3) is 7.67. The molecule has 1 aliphatic carbocycles. The van der Waals surface area contributed by atoms with Crippen LogP contribution < -0.4 is 20.7 Å². The predicted octanol–water partition coefficient (Wildman–Crippen LogP) is 0.651. The van der Waals surface area contributed by atoms with Crippen molar-refractivity contribution in [1.82, 2.24) is 15.4 Å². The third-order valence-corrected chi connectivity index (χ3v) is 6.02. The highest BCUT2D eigenvalue weighted by atomic mass is 32.2. The van der Waals surface area contributed by atoms with Crippen molar-refractivity contribution in [2.75, 3.05) is 11.9 Å². The Morgan fingerprint density at radius 3 is 2.10 bits per heavy atom. The molecule has 0 unspecified atom stereocenters. The number of hydrogen-bond donors (Lipinski definition) is 4. The van der Waals surface area contributed by atoms with Gasteiger partial charge in [-0.25, -0.2) is 13.1 Å². The lowest BCUT2D eigenvalue weighted by Crippen LogP contribution is -2.43. The van der Waals surface area contributed by atoms with E-state index in [-0.39, 0.29) is 29.1 Å². The van der Waals surface area contributed by atoms with Crippen LogP contribution in [-0.2, 0) is 29.2 Å². The quantitative estimate of drug-likeness (QED) is 0.465. The lowest BCUT2D eigenvalue weighted by Gasteiger charge is -2.22. The Balaban J connectivity index is 1.92. The Kier molecular flexibility index (Phi) is 8.55. The van der Waals surface area contributed by atoms with Crippen LogP contribution in [0.1, 0.15) is 46.0 Å². The Hall–Kier alpha value is -2.95. The van der Waals surface area contributed by atoms with Crippen LogP contribution in [0.25, 0.3) is 0 Å². The first-order valence-corrected chi connectivity index (χ1v) is 11.6. The summed E-state index contributed by atoms with van der Waals surface area (Å²) in [4.78, 5) is 47.3. The minimum Gasteiger partial charge on any atom is -0.348 e. The zero-order valence-electron chi connectivity index (χ0n) is 17.6. The number of carbonyl (C=O) groups is 4. The lowest BCUT2D eigenvalue weighted by molar-refractivity contribution is -0.138. The van der Waals surface area contributed by atoms with Gasteiger partial charge in [-0.3, -0.25) is 19.2 Å². The van der Waals surface area contributed by atoms with Crippen molar-refractivity contribution in [3.05, 3.63) is 24.3 Å². The second-order valence-corrected chi connectivity index (χ2v) is 9.51. The molecule has 1 aromatic carbocycles. The van der Waals surface area contributed by atoms with E-state index in [9.17, 15) is 27.6 Å². The molecular formula is C20H28N4O6S. The van der Waals surface area contributed by atoms with E-state index in [0.29, 0.717) is 0 Å². The van der Waals surface area contributed by atoms with Crippen molar-refractivity contribution in [3.8, 4) is 0 Å². The topological polar surface area (TPSA) is 151 Å². The third-order valence-electron chi connectivity index (χ3n) is 4.67. The number of nitrogens with one attached hydrogen (secondary N) is 4. The van der Waals surface area contributed by atoms with Crippen LogP contribution in [0.15, 0.2) is 29.2 Å². The number of sulfonamides is 1. The van der Waals surface area contributed by atoms with Gasteiger partial charge in [-0.1, -0.05) is 33.1 Å².